The van der Waals surface area contributed by atoms with Crippen LogP contribution >= 0.6 is 0 Å². The predicted octanol–water partition coefficient (Wildman–Crippen LogP) is 3.40. The number of carbonyl (C=O) groups is 1. The zero-order chi connectivity index (χ0) is 25.6. The number of carbonyl (C=O) groups excluding carboxylic acids is 1. The van der Waals surface area contributed by atoms with Crippen molar-refractivity contribution in [3.63, 3.8) is 0 Å². The quantitative estimate of drug-likeness (QED) is 0.508. The van der Waals surface area contributed by atoms with Gasteiger partial charge in [-0.25, -0.2) is 9.97 Å². The number of rotatable bonds is 7. The molecule has 3 N–H and O–H groups in total. The van der Waals surface area contributed by atoms with Crippen molar-refractivity contribution < 1.29 is 14.3 Å². The van der Waals surface area contributed by atoms with E-state index in [-0.39, 0.29) is 17.6 Å². The highest BCUT2D eigenvalue weighted by atomic mass is 16.6. The lowest BCUT2D eigenvalue weighted by Crippen LogP contribution is -2.50. The van der Waals surface area contributed by atoms with Crippen LogP contribution in [0.4, 0.5) is 5.82 Å². The first-order chi connectivity index (χ1) is 17.8. The van der Waals surface area contributed by atoms with Gasteiger partial charge in [0, 0.05) is 37.4 Å². The van der Waals surface area contributed by atoms with Crippen LogP contribution in [0.15, 0.2) is 36.8 Å². The molecule has 1 aromatic carbocycles. The van der Waals surface area contributed by atoms with E-state index in [1.54, 1.807) is 6.33 Å². The third kappa shape index (κ3) is 5.02. The van der Waals surface area contributed by atoms with E-state index in [1.165, 1.54) is 0 Å². The van der Waals surface area contributed by atoms with E-state index in [4.69, 9.17) is 15.2 Å². The molecular weight excluding hydrogens is 468 g/mol. The van der Waals surface area contributed by atoms with Crippen molar-refractivity contribution in [1.29, 1.82) is 0 Å². The first-order valence-electron chi connectivity index (χ1n) is 13.4. The molecule has 0 radical (unpaired) electrons. The van der Waals surface area contributed by atoms with Gasteiger partial charge in [0.1, 0.15) is 30.1 Å². The highest BCUT2D eigenvalue weighted by Crippen LogP contribution is 2.43. The topological polar surface area (TPSA) is 108 Å². The molecule has 9 heteroatoms. The Morgan fingerprint density at radius 1 is 1.27 bits per heavy atom. The molecule has 6 rings (SSSR count). The van der Waals surface area contributed by atoms with Crippen molar-refractivity contribution in [2.24, 2.45) is 5.92 Å². The van der Waals surface area contributed by atoms with Gasteiger partial charge in [-0.3, -0.25) is 9.69 Å². The Balaban J connectivity index is 1.19. The highest BCUT2D eigenvalue weighted by molar-refractivity contribution is 6.00. The molecule has 1 atom stereocenters. The number of nitrogens with zero attached hydrogens (tertiary/aromatic N) is 4. The molecule has 3 aliphatic rings. The Morgan fingerprint density at radius 2 is 2.14 bits per heavy atom. The van der Waals surface area contributed by atoms with E-state index in [0.717, 1.165) is 73.2 Å². The normalized spacial score (nSPS) is 25.7. The Morgan fingerprint density at radius 3 is 2.92 bits per heavy atom. The largest absolute Gasteiger partial charge is 0.491 e. The fourth-order valence-electron chi connectivity index (χ4n) is 6.03. The molecule has 1 unspecified atom stereocenters. The van der Waals surface area contributed by atoms with E-state index in [1.807, 2.05) is 12.1 Å². The minimum Gasteiger partial charge on any atom is -0.491 e. The summed E-state index contributed by atoms with van der Waals surface area (Å²) < 4.78 is 14.5. The fraction of sp³-hybridized carbons (Fsp3) is 0.536. The predicted molar refractivity (Wildman–Crippen MR) is 142 cm³/mol. The Hall–Kier alpha value is -3.17. The smallest absolute Gasteiger partial charge is 0.234 e. The van der Waals surface area contributed by atoms with Gasteiger partial charge in [-0.2, -0.15) is 0 Å². The van der Waals surface area contributed by atoms with Crippen LogP contribution in [0.3, 0.4) is 0 Å². The number of nitrogens with two attached hydrogens (primary N) is 1. The molecule has 1 aliphatic carbocycles. The molecule has 9 nitrogen and oxygen atoms in total. The molecule has 2 saturated heterocycles. The number of ether oxygens (including phenoxy) is 2. The minimum absolute atomic E-state index is 0.0713. The fourth-order valence-corrected chi connectivity index (χ4v) is 6.03. The van der Waals surface area contributed by atoms with Crippen LogP contribution in [0.5, 0.6) is 5.75 Å². The third-order valence-electron chi connectivity index (χ3n) is 8.01. The van der Waals surface area contributed by atoms with Crippen LogP contribution in [0.1, 0.15) is 45.6 Å². The number of aromatic nitrogens is 3. The van der Waals surface area contributed by atoms with Crippen LogP contribution in [0.2, 0.25) is 0 Å². The molecule has 2 aliphatic heterocycles. The third-order valence-corrected chi connectivity index (χ3v) is 8.01. The molecule has 1 amide bonds. The van der Waals surface area contributed by atoms with Crippen LogP contribution in [-0.2, 0) is 9.53 Å². The summed E-state index contributed by atoms with van der Waals surface area (Å²) in [5.74, 6) is 2.01. The van der Waals surface area contributed by atoms with Gasteiger partial charge in [-0.05, 0) is 63.1 Å². The second kappa shape index (κ2) is 9.61. The number of benzene rings is 1. The van der Waals surface area contributed by atoms with E-state index in [0.29, 0.717) is 30.9 Å². The standard InChI is InChI=1S/C28H36N6O3/c1-28(2)7-6-22(37-28)16-36-21-5-3-4-19(12-21)23-14-34(27-25(23)26(29)31-17-32-27)20-10-18(11-20)13-33-9-8-30-24(35)15-33/h3-5,12,14,17-18,20,22H,6-11,13,15-16H2,1-2H3,(H,30,35)(H2,29,31,32). The zero-order valence-electron chi connectivity index (χ0n) is 21.7. The number of amides is 1. The highest BCUT2D eigenvalue weighted by Gasteiger charge is 2.35. The first-order valence-corrected chi connectivity index (χ1v) is 13.4. The van der Waals surface area contributed by atoms with Gasteiger partial charge in [-0.15, -0.1) is 0 Å². The molecule has 0 bridgehead atoms. The second-order valence-corrected chi connectivity index (χ2v) is 11.4. The molecule has 3 aromatic rings. The maximum absolute atomic E-state index is 11.7. The number of hydrogen-bond donors (Lipinski definition) is 2. The summed E-state index contributed by atoms with van der Waals surface area (Å²) in [6.45, 7) is 7.95. The Bertz CT molecular complexity index is 1300. The van der Waals surface area contributed by atoms with Gasteiger partial charge in [-0.1, -0.05) is 12.1 Å². The lowest BCUT2D eigenvalue weighted by atomic mass is 9.79. The van der Waals surface area contributed by atoms with Crippen LogP contribution in [0.25, 0.3) is 22.2 Å². The van der Waals surface area contributed by atoms with Crippen LogP contribution in [0, 0.1) is 5.92 Å². The van der Waals surface area contributed by atoms with E-state index in [9.17, 15) is 4.79 Å². The van der Waals surface area contributed by atoms with Crippen molar-refractivity contribution in [3.05, 3.63) is 36.8 Å². The summed E-state index contributed by atoms with van der Waals surface area (Å²) in [6, 6.07) is 8.51. The van der Waals surface area contributed by atoms with Crippen LogP contribution < -0.4 is 15.8 Å². The average Bonchev–Trinajstić information content (AvgIpc) is 3.40. The van der Waals surface area contributed by atoms with Crippen LogP contribution in [-0.4, -0.2) is 69.8 Å². The Kier molecular flexibility index (Phi) is 6.28. The van der Waals surface area contributed by atoms with Gasteiger partial charge >= 0.3 is 0 Å². The maximum atomic E-state index is 11.7. The zero-order valence-corrected chi connectivity index (χ0v) is 21.7. The molecule has 1 saturated carbocycles. The summed E-state index contributed by atoms with van der Waals surface area (Å²) in [5, 5.41) is 3.79. The molecule has 37 heavy (non-hydrogen) atoms. The maximum Gasteiger partial charge on any atom is 0.234 e. The van der Waals surface area contributed by atoms with Crippen molar-refractivity contribution in [1.82, 2.24) is 24.8 Å². The summed E-state index contributed by atoms with van der Waals surface area (Å²) >= 11 is 0. The average molecular weight is 505 g/mol. The summed E-state index contributed by atoms with van der Waals surface area (Å²) in [6.07, 6.45) is 8.03. The first kappa shape index (κ1) is 24.2. The van der Waals surface area contributed by atoms with Gasteiger partial charge < -0.3 is 25.1 Å². The van der Waals surface area contributed by atoms with Crippen molar-refractivity contribution >= 4 is 22.8 Å². The molecule has 2 aromatic heterocycles. The number of nitrogens with one attached hydrogen (secondary N) is 1. The van der Waals surface area contributed by atoms with Gasteiger partial charge in [0.25, 0.3) is 0 Å². The van der Waals surface area contributed by atoms with E-state index >= 15 is 0 Å². The second-order valence-electron chi connectivity index (χ2n) is 11.4. The number of nitrogen functional groups attached to an aromatic ring is 1. The van der Waals surface area contributed by atoms with Gasteiger partial charge in [0.05, 0.1) is 23.6 Å². The van der Waals surface area contributed by atoms with Gasteiger partial charge in [0.15, 0.2) is 0 Å². The summed E-state index contributed by atoms with van der Waals surface area (Å²) in [7, 11) is 0. The molecule has 4 heterocycles. The van der Waals surface area contributed by atoms with Crippen molar-refractivity contribution in [3.8, 4) is 16.9 Å². The molecule has 196 valence electrons. The molecule has 0 spiro atoms. The monoisotopic (exact) mass is 504 g/mol. The van der Waals surface area contributed by atoms with E-state index < -0.39 is 0 Å². The molecule has 3 fully saturated rings. The summed E-state index contributed by atoms with van der Waals surface area (Å²) in [5.41, 5.74) is 9.23. The van der Waals surface area contributed by atoms with Crippen molar-refractivity contribution in [2.45, 2.75) is 57.3 Å². The minimum atomic E-state index is -0.0713. The van der Waals surface area contributed by atoms with E-state index in [2.05, 4.69) is 56.9 Å². The summed E-state index contributed by atoms with van der Waals surface area (Å²) in [4.78, 5) is 22.9. The lowest BCUT2D eigenvalue weighted by Gasteiger charge is -2.40. The number of hydrogen-bond acceptors (Lipinski definition) is 7. The SMILES string of the molecule is CC1(C)CCC(COc2cccc(-c3cn(C4CC(CN5CCNC(=O)C5)C4)c4ncnc(N)c34)c2)O1. The number of fused-ring (bicyclic) bond motifs is 1. The van der Waals surface area contributed by atoms with Gasteiger partial charge in [0.2, 0.25) is 5.91 Å². The van der Waals surface area contributed by atoms with Crippen molar-refractivity contribution in [2.75, 3.05) is 38.5 Å². The number of anilines is 1. The Labute approximate surface area is 217 Å². The number of piperazine rings is 1. The molecular formula is C28H36N6O3. The lowest BCUT2D eigenvalue weighted by molar-refractivity contribution is -0.124.